The number of esters is 1. The van der Waals surface area contributed by atoms with Crippen LogP contribution in [0.5, 0.6) is 0 Å². The molecule has 4 nitrogen and oxygen atoms in total. The first kappa shape index (κ1) is 17.7. The standard InChI is InChI=1S/C20H22ClNO3/c1-13-18(20(24)25-2)17(12-14-7-6-8-15(21)11-14)19(23)22(13)16-9-4-3-5-10-16/h6-8,11-12,16H,3-5,9-10H2,1-2H3. The lowest BCUT2D eigenvalue weighted by Gasteiger charge is -2.32. The number of hydrogen-bond acceptors (Lipinski definition) is 3. The topological polar surface area (TPSA) is 46.6 Å². The van der Waals surface area contributed by atoms with Crippen molar-refractivity contribution >= 4 is 29.6 Å². The van der Waals surface area contributed by atoms with Gasteiger partial charge in [-0.3, -0.25) is 4.79 Å². The Morgan fingerprint density at radius 3 is 2.64 bits per heavy atom. The van der Waals surface area contributed by atoms with E-state index >= 15 is 0 Å². The van der Waals surface area contributed by atoms with Gasteiger partial charge in [0.2, 0.25) is 0 Å². The SMILES string of the molecule is COC(=O)C1=C(C)N(C2CCCCC2)C(=O)C1=Cc1cccc(Cl)c1. The number of allylic oxidation sites excluding steroid dienone is 1. The third-order valence-corrected chi connectivity index (χ3v) is 5.17. The van der Waals surface area contributed by atoms with E-state index in [1.54, 1.807) is 23.1 Å². The molecule has 1 saturated carbocycles. The summed E-state index contributed by atoms with van der Waals surface area (Å²) in [7, 11) is 1.34. The van der Waals surface area contributed by atoms with Gasteiger partial charge in [0.05, 0.1) is 18.3 Å². The molecule has 1 aromatic carbocycles. The quantitative estimate of drug-likeness (QED) is 0.595. The zero-order chi connectivity index (χ0) is 18.0. The molecule has 1 aliphatic heterocycles. The first-order chi connectivity index (χ1) is 12.0. The first-order valence-electron chi connectivity index (χ1n) is 8.63. The zero-order valence-corrected chi connectivity index (χ0v) is 15.3. The van der Waals surface area contributed by atoms with Crippen LogP contribution in [0.15, 0.2) is 41.1 Å². The smallest absolute Gasteiger partial charge is 0.340 e. The monoisotopic (exact) mass is 359 g/mol. The lowest BCUT2D eigenvalue weighted by molar-refractivity contribution is -0.136. The molecular formula is C20H22ClNO3. The van der Waals surface area contributed by atoms with E-state index in [0.29, 0.717) is 21.9 Å². The molecule has 25 heavy (non-hydrogen) atoms. The summed E-state index contributed by atoms with van der Waals surface area (Å²) >= 11 is 6.04. The molecule has 0 saturated heterocycles. The van der Waals surface area contributed by atoms with Crippen LogP contribution in [-0.4, -0.2) is 29.9 Å². The summed E-state index contributed by atoms with van der Waals surface area (Å²) in [6.07, 6.45) is 7.11. The highest BCUT2D eigenvalue weighted by Crippen LogP contribution is 2.36. The summed E-state index contributed by atoms with van der Waals surface area (Å²) in [5.41, 5.74) is 2.22. The fraction of sp³-hybridized carbons (Fsp3) is 0.400. The van der Waals surface area contributed by atoms with Gasteiger partial charge in [-0.05, 0) is 43.5 Å². The Balaban J connectivity index is 2.04. The van der Waals surface area contributed by atoms with Crippen LogP contribution in [0.25, 0.3) is 6.08 Å². The summed E-state index contributed by atoms with van der Waals surface area (Å²) in [6, 6.07) is 7.39. The third kappa shape index (κ3) is 3.49. The Morgan fingerprint density at radius 1 is 1.28 bits per heavy atom. The van der Waals surface area contributed by atoms with Gasteiger partial charge >= 0.3 is 5.97 Å². The average molecular weight is 360 g/mol. The van der Waals surface area contributed by atoms with Gasteiger partial charge in [0.1, 0.15) is 0 Å². The molecule has 0 unspecified atom stereocenters. The number of hydrogen-bond donors (Lipinski definition) is 0. The highest BCUT2D eigenvalue weighted by molar-refractivity contribution is 6.30. The molecule has 2 aliphatic rings. The van der Waals surface area contributed by atoms with Crippen LogP contribution in [0.4, 0.5) is 0 Å². The van der Waals surface area contributed by atoms with Crippen LogP contribution in [0.1, 0.15) is 44.6 Å². The van der Waals surface area contributed by atoms with Crippen LogP contribution >= 0.6 is 11.6 Å². The Labute approximate surface area is 153 Å². The van der Waals surface area contributed by atoms with Crippen LogP contribution in [0.2, 0.25) is 5.02 Å². The van der Waals surface area contributed by atoms with Gasteiger partial charge in [-0.15, -0.1) is 0 Å². The van der Waals surface area contributed by atoms with Gasteiger partial charge < -0.3 is 9.64 Å². The number of amides is 1. The van der Waals surface area contributed by atoms with Crippen LogP contribution in [0.3, 0.4) is 0 Å². The molecule has 0 radical (unpaired) electrons. The molecular weight excluding hydrogens is 338 g/mol. The summed E-state index contributed by atoms with van der Waals surface area (Å²) in [4.78, 5) is 27.2. The van der Waals surface area contributed by atoms with Crippen molar-refractivity contribution in [3.8, 4) is 0 Å². The van der Waals surface area contributed by atoms with E-state index < -0.39 is 5.97 Å². The molecule has 5 heteroatoms. The van der Waals surface area contributed by atoms with E-state index in [1.807, 2.05) is 19.1 Å². The minimum absolute atomic E-state index is 0.121. The molecule has 1 amide bonds. The number of ether oxygens (including phenoxy) is 1. The molecule has 0 spiro atoms. The van der Waals surface area contributed by atoms with Crippen molar-refractivity contribution in [2.75, 3.05) is 7.11 Å². The number of halogens is 1. The molecule has 1 aliphatic carbocycles. The first-order valence-corrected chi connectivity index (χ1v) is 9.01. The minimum atomic E-state index is -0.475. The molecule has 0 bridgehead atoms. The summed E-state index contributed by atoms with van der Waals surface area (Å²) in [6.45, 7) is 1.83. The van der Waals surface area contributed by atoms with E-state index in [2.05, 4.69) is 0 Å². The Hall–Kier alpha value is -2.07. The molecule has 1 heterocycles. The summed E-state index contributed by atoms with van der Waals surface area (Å²) < 4.78 is 4.94. The van der Waals surface area contributed by atoms with Crippen molar-refractivity contribution in [3.05, 3.63) is 51.7 Å². The number of methoxy groups -OCH3 is 1. The Kier molecular flexibility index (Phi) is 5.28. The van der Waals surface area contributed by atoms with E-state index in [-0.39, 0.29) is 11.9 Å². The second-order valence-corrected chi connectivity index (χ2v) is 6.97. The van der Waals surface area contributed by atoms with Gasteiger partial charge in [0.25, 0.3) is 5.91 Å². The van der Waals surface area contributed by atoms with Crippen LogP contribution in [-0.2, 0) is 14.3 Å². The molecule has 132 valence electrons. The number of carbonyl (C=O) groups excluding carboxylic acids is 2. The Morgan fingerprint density at radius 2 is 2.00 bits per heavy atom. The lowest BCUT2D eigenvalue weighted by Crippen LogP contribution is -2.37. The predicted molar refractivity (Wildman–Crippen MR) is 97.9 cm³/mol. The molecule has 0 aromatic heterocycles. The fourth-order valence-electron chi connectivity index (χ4n) is 3.74. The number of rotatable bonds is 3. The second kappa shape index (κ2) is 7.44. The molecule has 1 fully saturated rings. The van der Waals surface area contributed by atoms with E-state index in [9.17, 15) is 9.59 Å². The normalized spacial score (nSPS) is 20.5. The lowest BCUT2D eigenvalue weighted by atomic mass is 9.94. The molecule has 3 rings (SSSR count). The van der Waals surface area contributed by atoms with E-state index in [4.69, 9.17) is 16.3 Å². The highest BCUT2D eigenvalue weighted by Gasteiger charge is 2.40. The van der Waals surface area contributed by atoms with Crippen molar-refractivity contribution < 1.29 is 14.3 Å². The highest BCUT2D eigenvalue weighted by atomic mass is 35.5. The van der Waals surface area contributed by atoms with Crippen molar-refractivity contribution in [1.29, 1.82) is 0 Å². The van der Waals surface area contributed by atoms with Gasteiger partial charge in [0, 0.05) is 16.8 Å². The number of nitrogens with zero attached hydrogens (tertiary/aromatic N) is 1. The van der Waals surface area contributed by atoms with E-state index in [1.165, 1.54) is 13.5 Å². The predicted octanol–water partition coefficient (Wildman–Crippen LogP) is 4.35. The second-order valence-electron chi connectivity index (χ2n) is 6.53. The molecule has 0 atom stereocenters. The van der Waals surface area contributed by atoms with Crippen molar-refractivity contribution in [2.45, 2.75) is 45.1 Å². The fourth-order valence-corrected chi connectivity index (χ4v) is 3.94. The van der Waals surface area contributed by atoms with Crippen molar-refractivity contribution in [3.63, 3.8) is 0 Å². The van der Waals surface area contributed by atoms with Gasteiger partial charge in [-0.1, -0.05) is 43.0 Å². The van der Waals surface area contributed by atoms with Gasteiger partial charge in [0.15, 0.2) is 0 Å². The summed E-state index contributed by atoms with van der Waals surface area (Å²) in [5.74, 6) is -0.595. The largest absolute Gasteiger partial charge is 0.465 e. The molecule has 0 N–H and O–H groups in total. The van der Waals surface area contributed by atoms with Crippen LogP contribution in [0, 0.1) is 0 Å². The maximum atomic E-state index is 13.1. The third-order valence-electron chi connectivity index (χ3n) is 4.93. The molecule has 1 aromatic rings. The number of benzene rings is 1. The Bertz CT molecular complexity index is 760. The van der Waals surface area contributed by atoms with Crippen molar-refractivity contribution in [1.82, 2.24) is 4.90 Å². The zero-order valence-electron chi connectivity index (χ0n) is 14.5. The van der Waals surface area contributed by atoms with Gasteiger partial charge in [-0.25, -0.2) is 4.79 Å². The maximum absolute atomic E-state index is 13.1. The van der Waals surface area contributed by atoms with Crippen molar-refractivity contribution in [2.24, 2.45) is 0 Å². The minimum Gasteiger partial charge on any atom is -0.465 e. The van der Waals surface area contributed by atoms with E-state index in [0.717, 1.165) is 31.2 Å². The maximum Gasteiger partial charge on any atom is 0.340 e. The van der Waals surface area contributed by atoms with Gasteiger partial charge in [-0.2, -0.15) is 0 Å². The van der Waals surface area contributed by atoms with Crippen LogP contribution < -0.4 is 0 Å². The summed E-state index contributed by atoms with van der Waals surface area (Å²) in [5, 5.41) is 0.587. The average Bonchev–Trinajstić information content (AvgIpc) is 2.85. The number of carbonyl (C=O) groups is 2.